The molecule has 130 valence electrons. The Morgan fingerprint density at radius 3 is 3.00 bits per heavy atom. The van der Waals surface area contributed by atoms with Gasteiger partial charge in [0.2, 0.25) is 5.91 Å². The topological polar surface area (TPSA) is 70.9 Å². The molecule has 5 nitrogen and oxygen atoms in total. The molecule has 1 aromatic rings. The number of benzene rings is 1. The number of nitrogens with zero attached hydrogens (tertiary/aromatic N) is 1. The lowest BCUT2D eigenvalue weighted by molar-refractivity contribution is -0.123. The van der Waals surface area contributed by atoms with Crippen molar-refractivity contribution in [2.75, 3.05) is 6.61 Å². The molecule has 0 radical (unpaired) electrons. The fraction of sp³-hybridized carbons (Fsp3) is 0.556. The van der Waals surface area contributed by atoms with Crippen LogP contribution in [0.3, 0.4) is 0 Å². The molecule has 0 spiro atoms. The second-order valence-corrected chi connectivity index (χ2v) is 7.71. The Morgan fingerprint density at radius 1 is 1.54 bits per heavy atom. The first kappa shape index (κ1) is 17.3. The highest BCUT2D eigenvalue weighted by molar-refractivity contribution is 9.10. The summed E-state index contributed by atoms with van der Waals surface area (Å²) in [6.45, 7) is 4.53. The van der Waals surface area contributed by atoms with Crippen LogP contribution in [0.4, 0.5) is 0 Å². The van der Waals surface area contributed by atoms with Crippen molar-refractivity contribution in [3.63, 3.8) is 0 Å². The molecule has 1 aromatic carbocycles. The molecular formula is C18H23BrN2O3. The van der Waals surface area contributed by atoms with Crippen LogP contribution >= 0.6 is 15.9 Å². The summed E-state index contributed by atoms with van der Waals surface area (Å²) in [5.41, 5.74) is 3.59. The quantitative estimate of drug-likeness (QED) is 0.588. The lowest BCUT2D eigenvalue weighted by Crippen LogP contribution is -2.22. The van der Waals surface area contributed by atoms with Gasteiger partial charge in [-0.1, -0.05) is 19.8 Å². The van der Waals surface area contributed by atoms with Gasteiger partial charge in [0.05, 0.1) is 17.3 Å². The number of rotatable bonds is 5. The Balaban J connectivity index is 1.63. The number of aromatic hydroxyl groups is 1. The van der Waals surface area contributed by atoms with E-state index in [9.17, 15) is 9.90 Å². The molecule has 24 heavy (non-hydrogen) atoms. The van der Waals surface area contributed by atoms with Crippen molar-refractivity contribution in [2.24, 2.45) is 22.4 Å². The Hall–Kier alpha value is -1.56. The minimum absolute atomic E-state index is 0.0172. The number of hydrogen-bond donors (Lipinski definition) is 2. The van der Waals surface area contributed by atoms with Gasteiger partial charge < -0.3 is 9.84 Å². The number of amides is 1. The van der Waals surface area contributed by atoms with E-state index in [-0.39, 0.29) is 23.0 Å². The van der Waals surface area contributed by atoms with Crippen LogP contribution in [0.25, 0.3) is 0 Å². The maximum Gasteiger partial charge on any atom is 0.244 e. The third-order valence-corrected chi connectivity index (χ3v) is 5.96. The normalized spacial score (nSPS) is 28.5. The molecule has 6 heteroatoms. The summed E-state index contributed by atoms with van der Waals surface area (Å²) in [7, 11) is 0. The van der Waals surface area contributed by atoms with Gasteiger partial charge in [-0.3, -0.25) is 4.79 Å². The van der Waals surface area contributed by atoms with E-state index in [1.54, 1.807) is 18.3 Å². The zero-order valence-electron chi connectivity index (χ0n) is 14.0. The third kappa shape index (κ3) is 3.16. The fourth-order valence-corrected chi connectivity index (χ4v) is 4.48. The fourth-order valence-electron chi connectivity index (χ4n) is 4.02. The zero-order valence-corrected chi connectivity index (χ0v) is 15.6. The zero-order chi connectivity index (χ0) is 17.3. The standard InChI is InChI=1S/C18H23BrN2O3/c1-3-24-14-9-11(8-13(19)16(14)22)10-20-21-17(23)15-12-6-4-5-7-18(12,15)2/h8-10,12,15,22H,3-7H2,1-2H3,(H,21,23)/b20-10+/t12-,15-,18-/m0/s1. The molecule has 0 aliphatic heterocycles. The van der Waals surface area contributed by atoms with E-state index in [4.69, 9.17) is 4.74 Å². The number of phenolic OH excluding ortho intramolecular Hbond substituents is 1. The highest BCUT2D eigenvalue weighted by Gasteiger charge is 2.64. The van der Waals surface area contributed by atoms with Crippen LogP contribution in [0.5, 0.6) is 11.5 Å². The van der Waals surface area contributed by atoms with Crippen LogP contribution in [-0.2, 0) is 4.79 Å². The van der Waals surface area contributed by atoms with Crippen molar-refractivity contribution in [1.29, 1.82) is 0 Å². The number of hydrogen-bond acceptors (Lipinski definition) is 4. The average Bonchev–Trinajstić information content (AvgIpc) is 3.18. The van der Waals surface area contributed by atoms with Crippen LogP contribution in [0.2, 0.25) is 0 Å². The second-order valence-electron chi connectivity index (χ2n) is 6.85. The van der Waals surface area contributed by atoms with Crippen molar-refractivity contribution < 1.29 is 14.6 Å². The maximum atomic E-state index is 12.4. The molecule has 0 aromatic heterocycles. The third-order valence-electron chi connectivity index (χ3n) is 5.35. The number of carbonyl (C=O) groups is 1. The predicted molar refractivity (Wildman–Crippen MR) is 96.3 cm³/mol. The Labute approximate surface area is 150 Å². The molecule has 0 saturated heterocycles. The van der Waals surface area contributed by atoms with E-state index < -0.39 is 0 Å². The van der Waals surface area contributed by atoms with Gasteiger partial charge >= 0.3 is 0 Å². The lowest BCUT2D eigenvalue weighted by atomic mass is 9.90. The molecule has 1 amide bonds. The molecule has 2 saturated carbocycles. The van der Waals surface area contributed by atoms with E-state index in [1.165, 1.54) is 12.8 Å². The van der Waals surface area contributed by atoms with Gasteiger partial charge in [-0.05, 0) is 64.7 Å². The number of fused-ring (bicyclic) bond motifs is 1. The van der Waals surface area contributed by atoms with Gasteiger partial charge in [-0.15, -0.1) is 0 Å². The molecular weight excluding hydrogens is 372 g/mol. The maximum absolute atomic E-state index is 12.4. The van der Waals surface area contributed by atoms with Crippen LogP contribution < -0.4 is 10.2 Å². The Bertz CT molecular complexity index is 676. The minimum Gasteiger partial charge on any atom is -0.503 e. The van der Waals surface area contributed by atoms with Crippen molar-refractivity contribution in [2.45, 2.75) is 39.5 Å². The molecule has 2 fully saturated rings. The number of ether oxygens (including phenoxy) is 1. The van der Waals surface area contributed by atoms with Crippen molar-refractivity contribution in [3.05, 3.63) is 22.2 Å². The van der Waals surface area contributed by atoms with E-state index in [1.807, 2.05) is 6.92 Å². The summed E-state index contributed by atoms with van der Waals surface area (Å²) in [6, 6.07) is 3.42. The Morgan fingerprint density at radius 2 is 2.33 bits per heavy atom. The summed E-state index contributed by atoms with van der Waals surface area (Å²) in [5.74, 6) is 1.09. The van der Waals surface area contributed by atoms with E-state index in [0.29, 0.717) is 22.7 Å². The van der Waals surface area contributed by atoms with E-state index >= 15 is 0 Å². The number of phenols is 1. The summed E-state index contributed by atoms with van der Waals surface area (Å²) in [4.78, 5) is 12.4. The summed E-state index contributed by atoms with van der Waals surface area (Å²) in [6.07, 6.45) is 6.32. The molecule has 3 atom stereocenters. The smallest absolute Gasteiger partial charge is 0.244 e. The molecule has 0 unspecified atom stereocenters. The molecule has 0 heterocycles. The summed E-state index contributed by atoms with van der Waals surface area (Å²) < 4.78 is 5.91. The molecule has 3 rings (SSSR count). The number of nitrogens with one attached hydrogen (secondary N) is 1. The molecule has 2 aliphatic rings. The minimum atomic E-state index is 0.0172. The van der Waals surface area contributed by atoms with Crippen molar-refractivity contribution in [1.82, 2.24) is 5.43 Å². The van der Waals surface area contributed by atoms with Crippen molar-refractivity contribution in [3.8, 4) is 11.5 Å². The highest BCUT2D eigenvalue weighted by Crippen LogP contribution is 2.66. The molecule has 0 bridgehead atoms. The van der Waals surface area contributed by atoms with Crippen LogP contribution in [-0.4, -0.2) is 23.8 Å². The predicted octanol–water partition coefficient (Wildman–Crippen LogP) is 3.83. The summed E-state index contributed by atoms with van der Waals surface area (Å²) in [5, 5.41) is 14.0. The number of carbonyl (C=O) groups excluding carboxylic acids is 1. The van der Waals surface area contributed by atoms with Gasteiger partial charge in [0.25, 0.3) is 0 Å². The number of halogens is 1. The SMILES string of the molecule is CCOc1cc(/C=N/NC(=O)[C@@H]2[C@@H]3CCCC[C@]23C)cc(Br)c1O. The Kier molecular flexibility index (Phi) is 4.85. The first-order valence-corrected chi connectivity index (χ1v) is 9.25. The molecule has 2 N–H and O–H groups in total. The second kappa shape index (κ2) is 6.75. The van der Waals surface area contributed by atoms with Gasteiger partial charge in [-0.25, -0.2) is 5.43 Å². The average molecular weight is 395 g/mol. The molecule has 2 aliphatic carbocycles. The highest BCUT2D eigenvalue weighted by atomic mass is 79.9. The largest absolute Gasteiger partial charge is 0.503 e. The van der Waals surface area contributed by atoms with Crippen molar-refractivity contribution >= 4 is 28.1 Å². The van der Waals surface area contributed by atoms with E-state index in [0.717, 1.165) is 18.4 Å². The van der Waals surface area contributed by atoms with Gasteiger partial charge in [0, 0.05) is 5.92 Å². The van der Waals surface area contributed by atoms with Gasteiger partial charge in [0.15, 0.2) is 11.5 Å². The first-order valence-electron chi connectivity index (χ1n) is 8.45. The van der Waals surface area contributed by atoms with Gasteiger partial charge in [-0.2, -0.15) is 5.10 Å². The lowest BCUT2D eigenvalue weighted by Gasteiger charge is -2.15. The van der Waals surface area contributed by atoms with Crippen LogP contribution in [0.15, 0.2) is 21.7 Å². The monoisotopic (exact) mass is 394 g/mol. The number of hydrazone groups is 1. The first-order chi connectivity index (χ1) is 11.5. The summed E-state index contributed by atoms with van der Waals surface area (Å²) >= 11 is 3.29. The van der Waals surface area contributed by atoms with E-state index in [2.05, 4.69) is 33.4 Å². The van der Waals surface area contributed by atoms with Crippen LogP contribution in [0, 0.1) is 17.3 Å². The van der Waals surface area contributed by atoms with Crippen LogP contribution in [0.1, 0.15) is 45.1 Å². The van der Waals surface area contributed by atoms with Gasteiger partial charge in [0.1, 0.15) is 0 Å².